The van der Waals surface area contributed by atoms with Gasteiger partial charge in [-0.3, -0.25) is 4.79 Å². The van der Waals surface area contributed by atoms with E-state index in [2.05, 4.69) is 32.6 Å². The minimum absolute atomic E-state index is 0.211. The molecule has 0 saturated heterocycles. The lowest BCUT2D eigenvalue weighted by Crippen LogP contribution is -2.50. The maximum Gasteiger partial charge on any atom is 0.309 e. The summed E-state index contributed by atoms with van der Waals surface area (Å²) >= 11 is 0. The molecule has 1 N–H and O–H groups in total. The van der Waals surface area contributed by atoms with Gasteiger partial charge in [-0.2, -0.15) is 0 Å². The zero-order chi connectivity index (χ0) is 16.2. The van der Waals surface area contributed by atoms with E-state index in [0.29, 0.717) is 5.92 Å². The predicted molar refractivity (Wildman–Crippen MR) is 89.5 cm³/mol. The number of carboxylic acids is 1. The fourth-order valence-corrected chi connectivity index (χ4v) is 5.54. The first kappa shape index (κ1) is 15.8. The summed E-state index contributed by atoms with van der Waals surface area (Å²) in [6.07, 6.45) is 12.0. The number of allylic oxidation sites excluding steroid dienone is 3. The summed E-state index contributed by atoms with van der Waals surface area (Å²) in [7, 11) is 0. The molecule has 22 heavy (non-hydrogen) atoms. The molecule has 5 atom stereocenters. The number of hydrogen-bond acceptors (Lipinski definition) is 1. The second-order valence-corrected chi connectivity index (χ2v) is 8.73. The molecular formula is C20H30O2. The highest BCUT2D eigenvalue weighted by atomic mass is 16.4. The van der Waals surface area contributed by atoms with Crippen molar-refractivity contribution < 1.29 is 9.90 Å². The topological polar surface area (TPSA) is 37.3 Å². The van der Waals surface area contributed by atoms with E-state index in [4.69, 9.17) is 0 Å². The van der Waals surface area contributed by atoms with Crippen molar-refractivity contribution in [3.8, 4) is 0 Å². The molecule has 0 heterocycles. The van der Waals surface area contributed by atoms with Crippen molar-refractivity contribution in [1.82, 2.24) is 0 Å². The molecule has 2 saturated carbocycles. The highest BCUT2D eigenvalue weighted by Gasteiger charge is 2.55. The molecule has 0 aromatic heterocycles. The number of hydrogen-bond donors (Lipinski definition) is 1. The van der Waals surface area contributed by atoms with Gasteiger partial charge in [-0.25, -0.2) is 0 Å². The van der Waals surface area contributed by atoms with Gasteiger partial charge in [0.25, 0.3) is 0 Å². The number of aliphatic carboxylic acids is 1. The van der Waals surface area contributed by atoms with Gasteiger partial charge in [0.2, 0.25) is 0 Å². The Hall–Kier alpha value is -1.05. The van der Waals surface area contributed by atoms with Crippen LogP contribution in [0.2, 0.25) is 0 Å². The van der Waals surface area contributed by atoms with Gasteiger partial charge in [-0.15, -0.1) is 6.58 Å². The van der Waals surface area contributed by atoms with E-state index in [1.807, 2.05) is 6.92 Å². The minimum atomic E-state index is -0.600. The number of carbonyl (C=O) groups is 1. The Kier molecular flexibility index (Phi) is 3.58. The van der Waals surface area contributed by atoms with Gasteiger partial charge in [-0.05, 0) is 74.5 Å². The molecule has 3 aliphatic rings. The molecule has 2 nitrogen and oxygen atoms in total. The smallest absolute Gasteiger partial charge is 0.309 e. The molecule has 0 amide bonds. The van der Waals surface area contributed by atoms with E-state index < -0.39 is 11.4 Å². The average molecular weight is 302 g/mol. The summed E-state index contributed by atoms with van der Waals surface area (Å²) in [4.78, 5) is 11.9. The van der Waals surface area contributed by atoms with Crippen LogP contribution in [0.25, 0.3) is 0 Å². The van der Waals surface area contributed by atoms with Crippen molar-refractivity contribution in [3.63, 3.8) is 0 Å². The van der Waals surface area contributed by atoms with E-state index in [1.165, 1.54) is 31.3 Å². The summed E-state index contributed by atoms with van der Waals surface area (Å²) in [6, 6.07) is 0. The predicted octanol–water partition coefficient (Wildman–Crippen LogP) is 5.21. The highest BCUT2D eigenvalue weighted by Crippen LogP contribution is 2.63. The van der Waals surface area contributed by atoms with Crippen molar-refractivity contribution in [2.75, 3.05) is 0 Å². The Morgan fingerprint density at radius 3 is 2.64 bits per heavy atom. The van der Waals surface area contributed by atoms with Crippen molar-refractivity contribution in [1.29, 1.82) is 0 Å². The Morgan fingerprint density at radius 1 is 1.27 bits per heavy atom. The Bertz CT molecular complexity index is 534. The largest absolute Gasteiger partial charge is 0.481 e. The second-order valence-electron chi connectivity index (χ2n) is 8.73. The third kappa shape index (κ3) is 2.10. The standard InChI is InChI=1S/C20H30O2/c1-5-18(2)11-12-19(3)14(13-18)8-9-16-15(19)7-6-10-20(16,4)17(21)22/h5,7,14,16H,1,6,8-13H2,2-4H3,(H,21,22). The first-order valence-electron chi connectivity index (χ1n) is 8.83. The minimum Gasteiger partial charge on any atom is -0.481 e. The molecule has 0 aliphatic heterocycles. The Balaban J connectivity index is 1.95. The first-order valence-corrected chi connectivity index (χ1v) is 8.83. The molecular weight excluding hydrogens is 272 g/mol. The van der Waals surface area contributed by atoms with Gasteiger partial charge in [0, 0.05) is 0 Å². The third-order valence-corrected chi connectivity index (χ3v) is 7.45. The lowest BCUT2D eigenvalue weighted by atomic mass is 9.47. The SMILES string of the molecule is C=CC1(C)CCC2(C)C3=CCCC(C)(C(=O)O)C3CCC2C1. The van der Waals surface area contributed by atoms with Gasteiger partial charge >= 0.3 is 5.97 Å². The zero-order valence-corrected chi connectivity index (χ0v) is 14.3. The quantitative estimate of drug-likeness (QED) is 0.711. The van der Waals surface area contributed by atoms with Crippen LogP contribution in [-0.4, -0.2) is 11.1 Å². The van der Waals surface area contributed by atoms with Crippen LogP contribution in [0, 0.1) is 28.1 Å². The molecule has 2 heteroatoms. The molecule has 5 unspecified atom stereocenters. The second kappa shape index (κ2) is 4.97. The van der Waals surface area contributed by atoms with Gasteiger partial charge in [-0.1, -0.05) is 31.6 Å². The highest BCUT2D eigenvalue weighted by molar-refractivity contribution is 5.75. The summed E-state index contributed by atoms with van der Waals surface area (Å²) < 4.78 is 0. The van der Waals surface area contributed by atoms with E-state index in [1.54, 1.807) is 0 Å². The van der Waals surface area contributed by atoms with Crippen LogP contribution >= 0.6 is 0 Å². The van der Waals surface area contributed by atoms with Crippen molar-refractivity contribution in [2.24, 2.45) is 28.1 Å². The molecule has 3 aliphatic carbocycles. The lowest BCUT2D eigenvalue weighted by molar-refractivity contribution is -0.153. The van der Waals surface area contributed by atoms with Crippen molar-refractivity contribution in [2.45, 2.75) is 65.7 Å². The van der Waals surface area contributed by atoms with Crippen LogP contribution in [0.5, 0.6) is 0 Å². The van der Waals surface area contributed by atoms with Crippen LogP contribution in [0.4, 0.5) is 0 Å². The molecule has 0 radical (unpaired) electrons. The van der Waals surface area contributed by atoms with Crippen LogP contribution in [0.15, 0.2) is 24.3 Å². The summed E-state index contributed by atoms with van der Waals surface area (Å²) in [5.74, 6) is 0.327. The van der Waals surface area contributed by atoms with Gasteiger partial charge in [0.1, 0.15) is 0 Å². The summed E-state index contributed by atoms with van der Waals surface area (Å²) in [5, 5.41) is 9.80. The molecule has 0 bridgehead atoms. The van der Waals surface area contributed by atoms with Gasteiger partial charge in [0.05, 0.1) is 5.41 Å². The van der Waals surface area contributed by atoms with Crippen LogP contribution < -0.4 is 0 Å². The number of fused-ring (bicyclic) bond motifs is 3. The molecule has 0 aromatic rings. The monoisotopic (exact) mass is 302 g/mol. The normalized spacial score (nSPS) is 47.9. The number of carboxylic acid groups (broad SMARTS) is 1. The summed E-state index contributed by atoms with van der Waals surface area (Å²) in [6.45, 7) is 10.8. The molecule has 0 spiro atoms. The maximum absolute atomic E-state index is 11.9. The number of rotatable bonds is 2. The Morgan fingerprint density at radius 2 is 2.00 bits per heavy atom. The van der Waals surface area contributed by atoms with Crippen molar-refractivity contribution in [3.05, 3.63) is 24.3 Å². The van der Waals surface area contributed by atoms with Crippen LogP contribution in [0.1, 0.15) is 65.7 Å². The van der Waals surface area contributed by atoms with E-state index in [9.17, 15) is 9.90 Å². The summed E-state index contributed by atoms with van der Waals surface area (Å²) in [5.41, 5.74) is 1.40. The van der Waals surface area contributed by atoms with E-state index in [-0.39, 0.29) is 16.7 Å². The first-order chi connectivity index (χ1) is 10.3. The lowest BCUT2D eigenvalue weighted by Gasteiger charge is -2.57. The van der Waals surface area contributed by atoms with Crippen LogP contribution in [-0.2, 0) is 4.79 Å². The van der Waals surface area contributed by atoms with E-state index >= 15 is 0 Å². The Labute approximate surface area is 134 Å². The fraction of sp³-hybridized carbons (Fsp3) is 0.750. The zero-order valence-electron chi connectivity index (χ0n) is 14.3. The van der Waals surface area contributed by atoms with Crippen molar-refractivity contribution >= 4 is 5.97 Å². The van der Waals surface area contributed by atoms with Gasteiger partial charge < -0.3 is 5.11 Å². The fourth-order valence-electron chi connectivity index (χ4n) is 5.54. The molecule has 122 valence electrons. The molecule has 3 rings (SSSR count). The maximum atomic E-state index is 11.9. The van der Waals surface area contributed by atoms with E-state index in [0.717, 1.165) is 19.3 Å². The third-order valence-electron chi connectivity index (χ3n) is 7.45. The molecule has 0 aromatic carbocycles. The van der Waals surface area contributed by atoms with Gasteiger partial charge in [0.15, 0.2) is 0 Å². The average Bonchev–Trinajstić information content (AvgIpc) is 2.49. The molecule has 2 fully saturated rings. The van der Waals surface area contributed by atoms with Crippen LogP contribution in [0.3, 0.4) is 0 Å².